The van der Waals surface area contributed by atoms with Crippen LogP contribution in [-0.4, -0.2) is 54.3 Å². The zero-order valence-electron chi connectivity index (χ0n) is 10.2. The van der Waals surface area contributed by atoms with Crippen molar-refractivity contribution >= 4 is 23.9 Å². The van der Waals surface area contributed by atoms with Crippen molar-refractivity contribution in [3.05, 3.63) is 12.2 Å². The Morgan fingerprint density at radius 2 is 1.84 bits per heavy atom. The van der Waals surface area contributed by atoms with Gasteiger partial charge in [0, 0.05) is 12.2 Å². The van der Waals surface area contributed by atoms with Crippen LogP contribution in [0.5, 0.6) is 0 Å². The fourth-order valence-corrected chi connectivity index (χ4v) is 0.842. The average molecular weight is 273 g/mol. The molecule has 5 amide bonds. The summed E-state index contributed by atoms with van der Waals surface area (Å²) in [5, 5.41) is 14.9. The Morgan fingerprint density at radius 3 is 2.21 bits per heavy atom. The molecule has 106 valence electrons. The standard InChI is InChI=1S/C5H6N2O4.C4H9N3O/c6-5(11)7-3(8)1-2-4(9)10;1-7-2-5-4(8)6-3-7/h1-2H,(H,9,10)(H3,6,7,8,11);2-3H2,1H3,(H2,5,6,8)/b2-1-;. The third-order valence-corrected chi connectivity index (χ3v) is 1.64. The monoisotopic (exact) mass is 273 g/mol. The number of carboxylic acid groups (broad SMARTS) is 1. The molecule has 0 aromatic carbocycles. The summed E-state index contributed by atoms with van der Waals surface area (Å²) in [6.07, 6.45) is 1.28. The number of imide groups is 1. The van der Waals surface area contributed by atoms with E-state index in [1.54, 1.807) is 5.32 Å². The molecule has 10 heteroatoms. The van der Waals surface area contributed by atoms with Gasteiger partial charge in [-0.2, -0.15) is 0 Å². The van der Waals surface area contributed by atoms with Crippen LogP contribution in [0.1, 0.15) is 0 Å². The smallest absolute Gasteiger partial charge is 0.328 e. The van der Waals surface area contributed by atoms with Gasteiger partial charge in [0.2, 0.25) is 0 Å². The Hall–Kier alpha value is -2.62. The number of hydrogen-bond acceptors (Lipinski definition) is 5. The third kappa shape index (κ3) is 10.3. The Labute approximate surface area is 108 Å². The minimum Gasteiger partial charge on any atom is -0.478 e. The highest BCUT2D eigenvalue weighted by Gasteiger charge is 2.07. The number of nitrogens with one attached hydrogen (secondary N) is 3. The second-order valence-electron chi connectivity index (χ2n) is 3.38. The summed E-state index contributed by atoms with van der Waals surface area (Å²) in [4.78, 5) is 42.5. The molecule has 1 heterocycles. The lowest BCUT2D eigenvalue weighted by atomic mass is 10.5. The first kappa shape index (κ1) is 16.4. The number of nitrogens with zero attached hydrogens (tertiary/aromatic N) is 1. The van der Waals surface area contributed by atoms with Crippen molar-refractivity contribution in [2.75, 3.05) is 20.4 Å². The second-order valence-corrected chi connectivity index (χ2v) is 3.38. The van der Waals surface area contributed by atoms with Crippen molar-refractivity contribution in [3.8, 4) is 0 Å². The number of aliphatic carboxylic acids is 1. The first-order valence-electron chi connectivity index (χ1n) is 5.03. The van der Waals surface area contributed by atoms with Gasteiger partial charge in [0.15, 0.2) is 0 Å². The molecular formula is C9H15N5O5. The van der Waals surface area contributed by atoms with Crippen molar-refractivity contribution < 1.29 is 24.3 Å². The Kier molecular flexibility index (Phi) is 7.30. The topological polar surface area (TPSA) is 154 Å². The van der Waals surface area contributed by atoms with Crippen LogP contribution < -0.4 is 21.7 Å². The molecule has 0 aromatic rings. The number of nitrogens with two attached hydrogens (primary N) is 1. The van der Waals surface area contributed by atoms with Gasteiger partial charge in [-0.15, -0.1) is 0 Å². The number of hydrogen-bond donors (Lipinski definition) is 5. The van der Waals surface area contributed by atoms with Crippen LogP contribution in [0, 0.1) is 0 Å². The van der Waals surface area contributed by atoms with Gasteiger partial charge in [-0.3, -0.25) is 15.0 Å². The van der Waals surface area contributed by atoms with Crippen molar-refractivity contribution in [1.29, 1.82) is 0 Å². The predicted octanol–water partition coefficient (Wildman–Crippen LogP) is -2.03. The molecule has 0 atom stereocenters. The number of primary amides is 1. The van der Waals surface area contributed by atoms with E-state index >= 15 is 0 Å². The maximum atomic E-state index is 10.4. The number of carbonyl (C=O) groups excluding carboxylic acids is 3. The molecule has 6 N–H and O–H groups in total. The van der Waals surface area contributed by atoms with Crippen molar-refractivity contribution in [1.82, 2.24) is 20.9 Å². The van der Waals surface area contributed by atoms with E-state index in [0.29, 0.717) is 25.5 Å². The molecule has 0 radical (unpaired) electrons. The molecule has 0 unspecified atom stereocenters. The third-order valence-electron chi connectivity index (χ3n) is 1.64. The molecular weight excluding hydrogens is 258 g/mol. The fourth-order valence-electron chi connectivity index (χ4n) is 0.842. The molecule has 0 bridgehead atoms. The molecule has 1 fully saturated rings. The molecule has 1 rings (SSSR count). The minimum atomic E-state index is -1.27. The van der Waals surface area contributed by atoms with Crippen LogP contribution >= 0.6 is 0 Å². The van der Waals surface area contributed by atoms with Crippen LogP contribution in [-0.2, 0) is 9.59 Å². The van der Waals surface area contributed by atoms with E-state index in [9.17, 15) is 19.2 Å². The van der Waals surface area contributed by atoms with E-state index in [1.807, 2.05) is 11.9 Å². The Bertz CT molecular complexity index is 384. The van der Waals surface area contributed by atoms with Crippen molar-refractivity contribution in [2.45, 2.75) is 0 Å². The Morgan fingerprint density at radius 1 is 1.32 bits per heavy atom. The number of urea groups is 2. The summed E-state index contributed by atoms with van der Waals surface area (Å²) in [6, 6.07) is -1.10. The van der Waals surface area contributed by atoms with E-state index in [1.165, 1.54) is 0 Å². The number of carboxylic acids is 1. The predicted molar refractivity (Wildman–Crippen MR) is 63.7 cm³/mol. The Balaban J connectivity index is 0.000000356. The van der Waals surface area contributed by atoms with Gasteiger partial charge in [0.05, 0.1) is 13.3 Å². The quantitative estimate of drug-likeness (QED) is 0.365. The number of carbonyl (C=O) groups is 4. The highest BCUT2D eigenvalue weighted by atomic mass is 16.4. The van der Waals surface area contributed by atoms with E-state index in [-0.39, 0.29) is 6.03 Å². The van der Waals surface area contributed by atoms with E-state index in [2.05, 4.69) is 16.4 Å². The van der Waals surface area contributed by atoms with Crippen LogP contribution in [0.4, 0.5) is 9.59 Å². The van der Waals surface area contributed by atoms with Gasteiger partial charge in [-0.05, 0) is 7.05 Å². The molecule has 1 aliphatic heterocycles. The lowest BCUT2D eigenvalue weighted by molar-refractivity contribution is -0.131. The molecule has 0 aromatic heterocycles. The average Bonchev–Trinajstić information content (AvgIpc) is 2.30. The van der Waals surface area contributed by atoms with Crippen molar-refractivity contribution in [3.63, 3.8) is 0 Å². The maximum absolute atomic E-state index is 10.4. The molecule has 0 aliphatic carbocycles. The van der Waals surface area contributed by atoms with Gasteiger partial charge in [0.25, 0.3) is 5.91 Å². The van der Waals surface area contributed by atoms with E-state index < -0.39 is 17.9 Å². The number of amides is 5. The molecule has 0 saturated carbocycles. The summed E-state index contributed by atoms with van der Waals surface area (Å²) >= 11 is 0. The van der Waals surface area contributed by atoms with Gasteiger partial charge in [0.1, 0.15) is 0 Å². The molecule has 0 spiro atoms. The minimum absolute atomic E-state index is 0.0805. The van der Waals surface area contributed by atoms with Crippen LogP contribution in [0.3, 0.4) is 0 Å². The molecule has 19 heavy (non-hydrogen) atoms. The van der Waals surface area contributed by atoms with Crippen LogP contribution in [0.15, 0.2) is 12.2 Å². The summed E-state index contributed by atoms with van der Waals surface area (Å²) in [5.41, 5.74) is 4.55. The van der Waals surface area contributed by atoms with E-state index in [0.717, 1.165) is 0 Å². The zero-order valence-corrected chi connectivity index (χ0v) is 10.2. The maximum Gasteiger partial charge on any atom is 0.328 e. The summed E-state index contributed by atoms with van der Waals surface area (Å²) < 4.78 is 0. The van der Waals surface area contributed by atoms with Crippen LogP contribution in [0.2, 0.25) is 0 Å². The largest absolute Gasteiger partial charge is 0.478 e. The highest BCUT2D eigenvalue weighted by Crippen LogP contribution is 1.80. The van der Waals surface area contributed by atoms with E-state index in [4.69, 9.17) is 5.11 Å². The zero-order chi connectivity index (χ0) is 14.8. The van der Waals surface area contributed by atoms with Crippen LogP contribution in [0.25, 0.3) is 0 Å². The van der Waals surface area contributed by atoms with Crippen molar-refractivity contribution in [2.24, 2.45) is 5.73 Å². The highest BCUT2D eigenvalue weighted by molar-refractivity contribution is 6.02. The first-order chi connectivity index (χ1) is 8.81. The lowest BCUT2D eigenvalue weighted by Gasteiger charge is -2.23. The molecule has 10 nitrogen and oxygen atoms in total. The van der Waals surface area contributed by atoms with Gasteiger partial charge in [-0.25, -0.2) is 14.4 Å². The SMILES string of the molecule is CN1CNC(=O)NC1.NC(=O)NC(=O)/C=C\C(=O)O. The summed E-state index contributed by atoms with van der Waals surface area (Å²) in [5.74, 6) is -2.13. The first-order valence-corrected chi connectivity index (χ1v) is 5.03. The summed E-state index contributed by atoms with van der Waals surface area (Å²) in [6.45, 7) is 1.29. The lowest BCUT2D eigenvalue weighted by Crippen LogP contribution is -2.52. The van der Waals surface area contributed by atoms with Gasteiger partial charge >= 0.3 is 18.0 Å². The normalized spacial score (nSPS) is 14.7. The molecule has 1 aliphatic rings. The fraction of sp³-hybridized carbons (Fsp3) is 0.333. The number of rotatable bonds is 2. The van der Waals surface area contributed by atoms with Gasteiger partial charge < -0.3 is 21.5 Å². The summed E-state index contributed by atoms with van der Waals surface area (Å²) in [7, 11) is 1.92. The van der Waals surface area contributed by atoms with Gasteiger partial charge in [-0.1, -0.05) is 0 Å². The molecule has 1 saturated heterocycles. The second kappa shape index (κ2) is 8.47.